The summed E-state index contributed by atoms with van der Waals surface area (Å²) in [6.45, 7) is 1.64. The molecule has 3 heterocycles. The van der Waals surface area contributed by atoms with Crippen molar-refractivity contribution in [2.24, 2.45) is 5.16 Å². The quantitative estimate of drug-likeness (QED) is 0.540. The molecule has 7 nitrogen and oxygen atoms in total. The third-order valence-corrected chi connectivity index (χ3v) is 5.61. The number of nitrogens with one attached hydrogen (secondary N) is 2. The third-order valence-electron chi connectivity index (χ3n) is 5.61. The Morgan fingerprint density at radius 1 is 1.26 bits per heavy atom. The molecule has 5 rings (SSSR count). The molecule has 0 saturated heterocycles. The van der Waals surface area contributed by atoms with Gasteiger partial charge in [-0.1, -0.05) is 5.16 Å². The highest BCUT2D eigenvalue weighted by molar-refractivity contribution is 5.87. The lowest BCUT2D eigenvalue weighted by Crippen LogP contribution is -2.25. The minimum atomic E-state index is -0.218. The van der Waals surface area contributed by atoms with Crippen molar-refractivity contribution in [3.63, 3.8) is 0 Å². The molecule has 0 unspecified atom stereocenters. The number of hydrogen-bond acceptors (Lipinski definition) is 6. The first-order valence-electron chi connectivity index (χ1n) is 10.3. The van der Waals surface area contributed by atoms with Crippen molar-refractivity contribution in [3.05, 3.63) is 53.5 Å². The van der Waals surface area contributed by atoms with E-state index in [-0.39, 0.29) is 18.7 Å². The molecule has 0 saturated carbocycles. The first kappa shape index (κ1) is 19.7. The highest BCUT2D eigenvalue weighted by Crippen LogP contribution is 2.42. The number of aromatic amines is 1. The van der Waals surface area contributed by atoms with Crippen molar-refractivity contribution in [2.45, 2.75) is 25.4 Å². The second-order valence-electron chi connectivity index (χ2n) is 7.76. The second kappa shape index (κ2) is 8.47. The van der Waals surface area contributed by atoms with Gasteiger partial charge in [0.05, 0.1) is 12.8 Å². The van der Waals surface area contributed by atoms with Crippen LogP contribution in [0.3, 0.4) is 0 Å². The number of nitrogens with zero attached hydrogens (tertiary/aromatic N) is 1. The summed E-state index contributed by atoms with van der Waals surface area (Å²) in [6.07, 6.45) is 4.21. The van der Waals surface area contributed by atoms with Gasteiger partial charge >= 0.3 is 0 Å². The molecule has 31 heavy (non-hydrogen) atoms. The number of benzene rings is 2. The predicted molar refractivity (Wildman–Crippen MR) is 115 cm³/mol. The lowest BCUT2D eigenvalue weighted by Gasteiger charge is -2.11. The van der Waals surface area contributed by atoms with Crippen LogP contribution in [0.4, 0.5) is 4.39 Å². The first-order chi connectivity index (χ1) is 15.2. The Balaban J connectivity index is 1.10. The predicted octanol–water partition coefficient (Wildman–Crippen LogP) is 3.56. The average molecular weight is 425 g/mol. The minimum Gasteiger partial charge on any atom is -0.493 e. The molecule has 0 amide bonds. The van der Waals surface area contributed by atoms with Gasteiger partial charge in [0.1, 0.15) is 11.9 Å². The van der Waals surface area contributed by atoms with Crippen LogP contribution in [-0.2, 0) is 17.7 Å². The molecular formula is C23H24FN3O4. The van der Waals surface area contributed by atoms with Crippen LogP contribution in [0.1, 0.15) is 17.5 Å². The van der Waals surface area contributed by atoms with Gasteiger partial charge in [0, 0.05) is 36.5 Å². The molecular weight excluding hydrogens is 401 g/mol. The molecule has 0 spiro atoms. The zero-order valence-corrected chi connectivity index (χ0v) is 17.2. The van der Waals surface area contributed by atoms with Crippen LogP contribution in [0.2, 0.25) is 0 Å². The number of hydrogen-bond donors (Lipinski definition) is 2. The summed E-state index contributed by atoms with van der Waals surface area (Å²) >= 11 is 0. The number of fused-ring (bicyclic) bond motifs is 2. The van der Waals surface area contributed by atoms with E-state index in [4.69, 9.17) is 19.0 Å². The topological polar surface area (TPSA) is 77.1 Å². The fourth-order valence-corrected chi connectivity index (χ4v) is 4.08. The van der Waals surface area contributed by atoms with Crippen LogP contribution in [0.25, 0.3) is 10.9 Å². The molecule has 2 aliphatic rings. The second-order valence-corrected chi connectivity index (χ2v) is 7.76. The molecule has 2 N–H and O–H groups in total. The molecule has 3 aromatic rings. The number of rotatable bonds is 8. The maximum Gasteiger partial charge on any atom is 0.231 e. The van der Waals surface area contributed by atoms with Gasteiger partial charge in [-0.05, 0) is 54.4 Å². The smallest absolute Gasteiger partial charge is 0.231 e. The SMILES string of the molecule is COc1cc(C[C@@H]2CC(CNCCc3c[nH]c4ccc(F)cc34)=NO2)cc2c1OCO2. The molecule has 162 valence electrons. The fraction of sp³-hybridized carbons (Fsp3) is 0.348. The van der Waals surface area contributed by atoms with Gasteiger partial charge < -0.3 is 29.3 Å². The van der Waals surface area contributed by atoms with Gasteiger partial charge in [-0.3, -0.25) is 0 Å². The van der Waals surface area contributed by atoms with E-state index >= 15 is 0 Å². The van der Waals surface area contributed by atoms with Crippen molar-refractivity contribution in [3.8, 4) is 17.2 Å². The standard InChI is InChI=1S/C23H24FN3O4/c1-28-21-7-14(8-22-23(21)30-13-29-22)6-18-10-17(27-31-18)12-25-5-4-15-11-26-20-3-2-16(24)9-19(15)20/h2-3,7-9,11,18,25-26H,4-6,10,12-13H2,1H3/t18-/m1/s1. The van der Waals surface area contributed by atoms with Gasteiger partial charge in [-0.15, -0.1) is 0 Å². The van der Waals surface area contributed by atoms with E-state index in [0.717, 1.165) is 47.1 Å². The lowest BCUT2D eigenvalue weighted by molar-refractivity contribution is 0.0858. The van der Waals surface area contributed by atoms with Gasteiger partial charge in [-0.25, -0.2) is 4.39 Å². The van der Waals surface area contributed by atoms with Gasteiger partial charge in [-0.2, -0.15) is 0 Å². The Morgan fingerprint density at radius 3 is 3.10 bits per heavy atom. The van der Waals surface area contributed by atoms with E-state index in [0.29, 0.717) is 30.2 Å². The third kappa shape index (κ3) is 4.16. The van der Waals surface area contributed by atoms with Gasteiger partial charge in [0.15, 0.2) is 11.5 Å². The molecule has 8 heteroatoms. The average Bonchev–Trinajstić information content (AvgIpc) is 3.51. The summed E-state index contributed by atoms with van der Waals surface area (Å²) in [4.78, 5) is 8.81. The number of halogens is 1. The fourth-order valence-electron chi connectivity index (χ4n) is 4.08. The largest absolute Gasteiger partial charge is 0.493 e. The Labute approximate surface area is 179 Å². The lowest BCUT2D eigenvalue weighted by atomic mass is 10.0. The minimum absolute atomic E-state index is 0.0153. The molecule has 2 aliphatic heterocycles. The van der Waals surface area contributed by atoms with Gasteiger partial charge in [0.25, 0.3) is 0 Å². The highest BCUT2D eigenvalue weighted by atomic mass is 19.1. The number of aromatic nitrogens is 1. The Hall–Kier alpha value is -3.26. The van der Waals surface area contributed by atoms with Crippen molar-refractivity contribution in [1.29, 1.82) is 0 Å². The molecule has 0 aliphatic carbocycles. The molecule has 2 aromatic carbocycles. The van der Waals surface area contributed by atoms with E-state index < -0.39 is 0 Å². The van der Waals surface area contributed by atoms with E-state index in [1.165, 1.54) is 6.07 Å². The van der Waals surface area contributed by atoms with Crippen LogP contribution >= 0.6 is 0 Å². The molecule has 0 fully saturated rings. The normalized spacial score (nSPS) is 17.1. The summed E-state index contributed by atoms with van der Waals surface area (Å²) in [5.41, 5.74) is 4.10. The maximum atomic E-state index is 13.5. The molecule has 1 aromatic heterocycles. The van der Waals surface area contributed by atoms with E-state index in [2.05, 4.69) is 15.5 Å². The number of methoxy groups -OCH3 is 1. The number of ether oxygens (including phenoxy) is 3. The monoisotopic (exact) mass is 425 g/mol. The summed E-state index contributed by atoms with van der Waals surface area (Å²) in [5, 5.41) is 8.58. The molecule has 0 radical (unpaired) electrons. The summed E-state index contributed by atoms with van der Waals surface area (Å²) < 4.78 is 29.8. The number of H-pyrrole nitrogens is 1. The first-order valence-corrected chi connectivity index (χ1v) is 10.3. The molecule has 0 bridgehead atoms. The van der Waals surface area contributed by atoms with Crippen LogP contribution in [0, 0.1) is 5.82 Å². The van der Waals surface area contributed by atoms with Crippen molar-refractivity contribution < 1.29 is 23.4 Å². The van der Waals surface area contributed by atoms with E-state index in [1.807, 2.05) is 18.3 Å². The highest BCUT2D eigenvalue weighted by Gasteiger charge is 2.25. The van der Waals surface area contributed by atoms with Crippen LogP contribution in [0.15, 0.2) is 41.7 Å². The Bertz CT molecular complexity index is 1130. The Morgan fingerprint density at radius 2 is 2.19 bits per heavy atom. The maximum absolute atomic E-state index is 13.5. The summed E-state index contributed by atoms with van der Waals surface area (Å²) in [6, 6.07) is 8.73. The van der Waals surface area contributed by atoms with Crippen LogP contribution in [0.5, 0.6) is 17.2 Å². The van der Waals surface area contributed by atoms with Crippen LogP contribution in [-0.4, -0.2) is 43.8 Å². The van der Waals surface area contributed by atoms with Crippen molar-refractivity contribution >= 4 is 16.6 Å². The zero-order chi connectivity index (χ0) is 21.2. The van der Waals surface area contributed by atoms with Crippen molar-refractivity contribution in [2.75, 3.05) is 27.0 Å². The van der Waals surface area contributed by atoms with Crippen molar-refractivity contribution in [1.82, 2.24) is 10.3 Å². The molecule has 1 atom stereocenters. The zero-order valence-electron chi connectivity index (χ0n) is 17.2. The summed E-state index contributed by atoms with van der Waals surface area (Å²) in [7, 11) is 1.62. The number of oxime groups is 1. The Kier molecular flexibility index (Phi) is 5.38. The van der Waals surface area contributed by atoms with Crippen LogP contribution < -0.4 is 19.5 Å². The van der Waals surface area contributed by atoms with E-state index in [1.54, 1.807) is 19.2 Å². The van der Waals surface area contributed by atoms with Gasteiger partial charge in [0.2, 0.25) is 12.5 Å². The van der Waals surface area contributed by atoms with E-state index in [9.17, 15) is 4.39 Å². The summed E-state index contributed by atoms with van der Waals surface area (Å²) in [5.74, 6) is 1.80.